The van der Waals surface area contributed by atoms with Crippen LogP contribution in [0.3, 0.4) is 0 Å². The molecule has 7 heteroatoms. The highest BCUT2D eigenvalue weighted by Crippen LogP contribution is 2.24. The molecule has 0 aliphatic carbocycles. The molecule has 4 nitrogen and oxygen atoms in total. The van der Waals surface area contributed by atoms with Crippen molar-refractivity contribution in [2.45, 2.75) is 6.61 Å². The molecular formula is C23H17F2N3OS. The van der Waals surface area contributed by atoms with Crippen molar-refractivity contribution in [2.75, 3.05) is 5.43 Å². The normalized spacial score (nSPS) is 11.0. The Morgan fingerprint density at radius 1 is 0.967 bits per heavy atom. The molecule has 1 heterocycles. The van der Waals surface area contributed by atoms with Crippen LogP contribution in [0.15, 0.2) is 83.3 Å². The molecule has 0 aliphatic heterocycles. The van der Waals surface area contributed by atoms with Crippen molar-refractivity contribution in [3.63, 3.8) is 0 Å². The number of hydrogen-bond acceptors (Lipinski definition) is 5. The van der Waals surface area contributed by atoms with Crippen LogP contribution in [-0.2, 0) is 6.61 Å². The van der Waals surface area contributed by atoms with Crippen LogP contribution in [0.1, 0.15) is 11.1 Å². The van der Waals surface area contributed by atoms with Gasteiger partial charge in [0, 0.05) is 10.9 Å². The minimum atomic E-state index is -0.883. The SMILES string of the molecule is Fc1ccc(COc2ccc(C=NNc3nc(-c4ccccc4)cs3)cc2)cc1F. The van der Waals surface area contributed by atoms with Crippen molar-refractivity contribution < 1.29 is 13.5 Å². The smallest absolute Gasteiger partial charge is 0.203 e. The largest absolute Gasteiger partial charge is 0.489 e. The van der Waals surface area contributed by atoms with Crippen LogP contribution in [0.4, 0.5) is 13.9 Å². The van der Waals surface area contributed by atoms with Gasteiger partial charge in [-0.15, -0.1) is 11.3 Å². The van der Waals surface area contributed by atoms with Gasteiger partial charge in [-0.25, -0.2) is 13.8 Å². The molecule has 1 aromatic heterocycles. The fourth-order valence-electron chi connectivity index (χ4n) is 2.67. The monoisotopic (exact) mass is 421 g/mol. The zero-order chi connectivity index (χ0) is 20.8. The Morgan fingerprint density at radius 3 is 2.53 bits per heavy atom. The van der Waals surface area contributed by atoms with Gasteiger partial charge in [-0.1, -0.05) is 36.4 Å². The summed E-state index contributed by atoms with van der Waals surface area (Å²) in [4.78, 5) is 4.51. The maximum atomic E-state index is 13.2. The molecule has 1 N–H and O–H groups in total. The Labute approximate surface area is 176 Å². The first-order chi connectivity index (χ1) is 14.7. The molecule has 150 valence electrons. The Bertz CT molecular complexity index is 1140. The third-order valence-corrected chi connectivity index (χ3v) is 4.96. The number of hydrazone groups is 1. The Hall–Kier alpha value is -3.58. The molecule has 4 aromatic rings. The van der Waals surface area contributed by atoms with E-state index in [4.69, 9.17) is 4.74 Å². The highest BCUT2D eigenvalue weighted by Gasteiger charge is 2.04. The predicted molar refractivity (Wildman–Crippen MR) is 116 cm³/mol. The molecule has 3 aromatic carbocycles. The first kappa shape index (κ1) is 19.7. The number of rotatable bonds is 7. The van der Waals surface area contributed by atoms with E-state index in [0.29, 0.717) is 16.4 Å². The molecule has 0 atom stereocenters. The van der Waals surface area contributed by atoms with E-state index in [1.807, 2.05) is 47.8 Å². The van der Waals surface area contributed by atoms with Crippen LogP contribution < -0.4 is 10.2 Å². The summed E-state index contributed by atoms with van der Waals surface area (Å²) in [6.07, 6.45) is 1.68. The van der Waals surface area contributed by atoms with Gasteiger partial charge < -0.3 is 4.74 Å². The summed E-state index contributed by atoms with van der Waals surface area (Å²) in [5, 5.41) is 6.90. The molecule has 0 radical (unpaired) electrons. The lowest BCUT2D eigenvalue weighted by Crippen LogP contribution is -1.97. The van der Waals surface area contributed by atoms with Crippen LogP contribution >= 0.6 is 11.3 Å². The van der Waals surface area contributed by atoms with Gasteiger partial charge in [-0.3, -0.25) is 5.43 Å². The average molecular weight is 421 g/mol. The molecule has 0 amide bonds. The number of aromatic nitrogens is 1. The lowest BCUT2D eigenvalue weighted by molar-refractivity contribution is 0.305. The topological polar surface area (TPSA) is 46.5 Å². The third-order valence-electron chi connectivity index (χ3n) is 4.22. The summed E-state index contributed by atoms with van der Waals surface area (Å²) in [5.74, 6) is -1.13. The number of hydrogen-bond donors (Lipinski definition) is 1. The van der Waals surface area contributed by atoms with Crippen molar-refractivity contribution >= 4 is 22.7 Å². The molecule has 0 fully saturated rings. The number of anilines is 1. The molecule has 0 unspecified atom stereocenters. The summed E-state index contributed by atoms with van der Waals surface area (Å²) in [5.41, 5.74) is 6.33. The van der Waals surface area contributed by atoms with E-state index < -0.39 is 11.6 Å². The molecule has 0 bridgehead atoms. The van der Waals surface area contributed by atoms with E-state index in [0.717, 1.165) is 29.0 Å². The Morgan fingerprint density at radius 2 is 1.77 bits per heavy atom. The lowest BCUT2D eigenvalue weighted by atomic mass is 10.2. The molecule has 0 saturated heterocycles. The predicted octanol–water partition coefficient (Wildman–Crippen LogP) is 6.11. The summed E-state index contributed by atoms with van der Waals surface area (Å²) in [7, 11) is 0. The number of nitrogens with one attached hydrogen (secondary N) is 1. The van der Waals surface area contributed by atoms with Crippen molar-refractivity contribution in [1.82, 2.24) is 4.98 Å². The number of ether oxygens (including phenoxy) is 1. The third kappa shape index (κ3) is 5.07. The second-order valence-corrected chi connectivity index (χ2v) is 7.24. The highest BCUT2D eigenvalue weighted by molar-refractivity contribution is 7.14. The lowest BCUT2D eigenvalue weighted by Gasteiger charge is -2.07. The molecular weight excluding hydrogens is 404 g/mol. The number of benzene rings is 3. The maximum absolute atomic E-state index is 13.2. The van der Waals surface area contributed by atoms with Crippen molar-refractivity contribution in [2.24, 2.45) is 5.10 Å². The standard InChI is InChI=1S/C23H17F2N3OS/c24-20-11-8-17(12-21(20)25)14-29-19-9-6-16(7-10-19)13-26-28-23-27-22(15-30-23)18-4-2-1-3-5-18/h1-13,15H,14H2,(H,27,28). The van der Waals surface area contributed by atoms with E-state index >= 15 is 0 Å². The van der Waals surface area contributed by atoms with Crippen LogP contribution in [0, 0.1) is 11.6 Å². The van der Waals surface area contributed by atoms with Crippen LogP contribution in [0.2, 0.25) is 0 Å². The highest BCUT2D eigenvalue weighted by atomic mass is 32.1. The molecule has 4 rings (SSSR count). The number of nitrogens with zero attached hydrogens (tertiary/aromatic N) is 2. The first-order valence-electron chi connectivity index (χ1n) is 9.14. The van der Waals surface area contributed by atoms with E-state index in [-0.39, 0.29) is 6.61 Å². The van der Waals surface area contributed by atoms with Gasteiger partial charge in [0.25, 0.3) is 0 Å². The van der Waals surface area contributed by atoms with E-state index in [1.165, 1.54) is 17.4 Å². The van der Waals surface area contributed by atoms with Crippen molar-refractivity contribution in [3.8, 4) is 17.0 Å². The van der Waals surface area contributed by atoms with Gasteiger partial charge >= 0.3 is 0 Å². The minimum absolute atomic E-state index is 0.153. The van der Waals surface area contributed by atoms with Gasteiger partial charge in [0.15, 0.2) is 11.6 Å². The summed E-state index contributed by atoms with van der Waals surface area (Å²) >= 11 is 1.48. The van der Waals surface area contributed by atoms with Crippen molar-refractivity contribution in [3.05, 3.63) is 101 Å². The maximum Gasteiger partial charge on any atom is 0.203 e. The first-order valence-corrected chi connectivity index (χ1v) is 10.0. The fourth-order valence-corrected chi connectivity index (χ4v) is 3.34. The van der Waals surface area contributed by atoms with E-state index in [9.17, 15) is 8.78 Å². The zero-order valence-electron chi connectivity index (χ0n) is 15.8. The second-order valence-electron chi connectivity index (χ2n) is 6.38. The van der Waals surface area contributed by atoms with Gasteiger partial charge in [0.2, 0.25) is 5.13 Å². The van der Waals surface area contributed by atoms with Gasteiger partial charge in [-0.2, -0.15) is 5.10 Å². The fraction of sp³-hybridized carbons (Fsp3) is 0.0435. The van der Waals surface area contributed by atoms with E-state index in [2.05, 4.69) is 15.5 Å². The summed E-state index contributed by atoms with van der Waals surface area (Å²) in [6, 6.07) is 20.9. The Balaban J connectivity index is 1.30. The van der Waals surface area contributed by atoms with Gasteiger partial charge in [-0.05, 0) is 47.5 Å². The van der Waals surface area contributed by atoms with Gasteiger partial charge in [0.05, 0.1) is 11.9 Å². The zero-order valence-corrected chi connectivity index (χ0v) is 16.6. The van der Waals surface area contributed by atoms with Crippen LogP contribution in [-0.4, -0.2) is 11.2 Å². The van der Waals surface area contributed by atoms with Gasteiger partial charge in [0.1, 0.15) is 12.4 Å². The Kier molecular flexibility index (Phi) is 6.10. The molecule has 0 saturated carbocycles. The second kappa shape index (κ2) is 9.28. The molecule has 0 spiro atoms. The van der Waals surface area contributed by atoms with Crippen LogP contribution in [0.25, 0.3) is 11.3 Å². The number of thiazole rings is 1. The quantitative estimate of drug-likeness (QED) is 0.289. The molecule has 30 heavy (non-hydrogen) atoms. The van der Waals surface area contributed by atoms with Crippen LogP contribution in [0.5, 0.6) is 5.75 Å². The molecule has 0 aliphatic rings. The van der Waals surface area contributed by atoms with E-state index in [1.54, 1.807) is 18.3 Å². The number of halogens is 2. The minimum Gasteiger partial charge on any atom is -0.489 e. The summed E-state index contributed by atoms with van der Waals surface area (Å²) < 4.78 is 31.8. The summed E-state index contributed by atoms with van der Waals surface area (Å²) in [6.45, 7) is 0.153. The average Bonchev–Trinajstić information content (AvgIpc) is 3.25. The van der Waals surface area contributed by atoms with Crippen molar-refractivity contribution in [1.29, 1.82) is 0 Å².